The summed E-state index contributed by atoms with van der Waals surface area (Å²) in [5.41, 5.74) is 1.28. The van der Waals surface area contributed by atoms with Crippen molar-refractivity contribution in [3.8, 4) is 0 Å². The van der Waals surface area contributed by atoms with Crippen molar-refractivity contribution < 1.29 is 9.59 Å². The molecule has 0 bridgehead atoms. The van der Waals surface area contributed by atoms with Gasteiger partial charge >= 0.3 is 0 Å². The highest BCUT2D eigenvalue weighted by Crippen LogP contribution is 2.25. The topological polar surface area (TPSA) is 49.4 Å². The first-order valence-electron chi connectivity index (χ1n) is 8.40. The van der Waals surface area contributed by atoms with Gasteiger partial charge in [0.1, 0.15) is 0 Å². The normalized spacial score (nSPS) is 10.6. The molecule has 6 heteroatoms. The first-order valence-corrected chi connectivity index (χ1v) is 9.16. The summed E-state index contributed by atoms with van der Waals surface area (Å²) in [5.74, 6) is -0.509. The number of amides is 2. The molecular weight excluding hydrogens is 383 g/mol. The Morgan fingerprint density at radius 2 is 1.56 bits per heavy atom. The molecule has 0 aliphatic rings. The summed E-state index contributed by atoms with van der Waals surface area (Å²) < 4.78 is 0. The van der Waals surface area contributed by atoms with Crippen molar-refractivity contribution in [1.29, 1.82) is 0 Å². The van der Waals surface area contributed by atoms with Crippen molar-refractivity contribution in [2.24, 2.45) is 0 Å². The lowest BCUT2D eigenvalue weighted by Gasteiger charge is -2.18. The molecule has 2 amide bonds. The Labute approximate surface area is 167 Å². The molecule has 0 fully saturated rings. The largest absolute Gasteiger partial charge is 0.336 e. The number of likely N-dealkylation sites (N-methyl/N-ethyl adjacent to an activating group) is 1. The van der Waals surface area contributed by atoms with E-state index in [2.05, 4.69) is 5.32 Å². The molecule has 0 radical (unpaired) electrons. The van der Waals surface area contributed by atoms with Crippen LogP contribution in [0.1, 0.15) is 5.56 Å². The highest BCUT2D eigenvalue weighted by Gasteiger charge is 2.17. The summed E-state index contributed by atoms with van der Waals surface area (Å²) in [7, 11) is 1.58. The van der Waals surface area contributed by atoms with Crippen LogP contribution in [0.5, 0.6) is 0 Å². The number of halogens is 2. The van der Waals surface area contributed by atoms with Crippen molar-refractivity contribution in [3.63, 3.8) is 0 Å². The molecule has 0 saturated carbocycles. The average Bonchev–Trinajstić information content (AvgIpc) is 2.65. The van der Waals surface area contributed by atoms with Gasteiger partial charge in [0, 0.05) is 28.2 Å². The molecule has 0 atom stereocenters. The Morgan fingerprint density at radius 1 is 0.926 bits per heavy atom. The van der Waals surface area contributed by atoms with E-state index in [4.69, 9.17) is 23.2 Å². The molecule has 0 spiro atoms. The van der Waals surface area contributed by atoms with Crippen LogP contribution in [0.25, 0.3) is 10.8 Å². The van der Waals surface area contributed by atoms with Gasteiger partial charge < -0.3 is 10.2 Å². The van der Waals surface area contributed by atoms with Gasteiger partial charge in [0.05, 0.1) is 13.0 Å². The molecule has 1 N–H and O–H groups in total. The van der Waals surface area contributed by atoms with Gasteiger partial charge in [0.2, 0.25) is 11.8 Å². The van der Waals surface area contributed by atoms with Crippen molar-refractivity contribution >= 4 is 51.5 Å². The number of hydrogen-bond donors (Lipinski definition) is 1. The SMILES string of the molecule is CN(CC(=O)Nc1cccc2ccccc12)C(=O)Cc1c(Cl)cccc1Cl. The third-order valence-electron chi connectivity index (χ3n) is 4.26. The number of carbonyl (C=O) groups excluding carboxylic acids is 2. The van der Waals surface area contributed by atoms with E-state index in [9.17, 15) is 9.59 Å². The van der Waals surface area contributed by atoms with E-state index in [1.165, 1.54) is 4.90 Å². The Balaban J connectivity index is 1.66. The van der Waals surface area contributed by atoms with Gasteiger partial charge in [-0.15, -0.1) is 0 Å². The van der Waals surface area contributed by atoms with Gasteiger partial charge in [-0.1, -0.05) is 65.7 Å². The second-order valence-corrected chi connectivity index (χ2v) is 7.02. The lowest BCUT2D eigenvalue weighted by Crippen LogP contribution is -2.35. The van der Waals surface area contributed by atoms with Gasteiger partial charge in [-0.2, -0.15) is 0 Å². The number of fused-ring (bicyclic) bond motifs is 1. The summed E-state index contributed by atoms with van der Waals surface area (Å²) >= 11 is 12.2. The van der Waals surface area contributed by atoms with Crippen molar-refractivity contribution in [2.45, 2.75) is 6.42 Å². The maximum absolute atomic E-state index is 12.4. The molecule has 4 nitrogen and oxygen atoms in total. The minimum atomic E-state index is -0.271. The monoisotopic (exact) mass is 400 g/mol. The molecule has 3 rings (SSSR count). The second-order valence-electron chi connectivity index (χ2n) is 6.20. The van der Waals surface area contributed by atoms with Gasteiger partial charge in [-0.25, -0.2) is 0 Å². The minimum Gasteiger partial charge on any atom is -0.336 e. The molecule has 0 unspecified atom stereocenters. The van der Waals surface area contributed by atoms with E-state index in [1.54, 1.807) is 25.2 Å². The predicted octanol–water partition coefficient (Wildman–Crippen LogP) is 4.79. The van der Waals surface area contributed by atoms with Crippen LogP contribution in [0.4, 0.5) is 5.69 Å². The lowest BCUT2D eigenvalue weighted by molar-refractivity contribution is -0.132. The molecule has 0 aliphatic heterocycles. The van der Waals surface area contributed by atoms with E-state index >= 15 is 0 Å². The number of nitrogens with zero attached hydrogens (tertiary/aromatic N) is 1. The van der Waals surface area contributed by atoms with Crippen LogP contribution >= 0.6 is 23.2 Å². The summed E-state index contributed by atoms with van der Waals surface area (Å²) in [5, 5.41) is 5.73. The fourth-order valence-corrected chi connectivity index (χ4v) is 3.35. The molecule has 3 aromatic rings. The van der Waals surface area contributed by atoms with Gasteiger partial charge in [0.25, 0.3) is 0 Å². The Hall–Kier alpha value is -2.56. The zero-order valence-corrected chi connectivity index (χ0v) is 16.2. The Kier molecular flexibility index (Phi) is 5.99. The number of benzene rings is 3. The maximum atomic E-state index is 12.4. The third-order valence-corrected chi connectivity index (χ3v) is 4.97. The fraction of sp³-hybridized carbons (Fsp3) is 0.143. The summed E-state index contributed by atoms with van der Waals surface area (Å²) in [6, 6.07) is 18.6. The number of carbonyl (C=O) groups is 2. The third kappa shape index (κ3) is 4.59. The van der Waals surface area contributed by atoms with Gasteiger partial charge in [0.15, 0.2) is 0 Å². The smallest absolute Gasteiger partial charge is 0.244 e. The van der Waals surface area contributed by atoms with Crippen molar-refractivity contribution in [1.82, 2.24) is 4.90 Å². The Morgan fingerprint density at radius 3 is 2.30 bits per heavy atom. The molecule has 138 valence electrons. The van der Waals surface area contributed by atoms with E-state index in [-0.39, 0.29) is 24.8 Å². The summed E-state index contributed by atoms with van der Waals surface area (Å²) in [4.78, 5) is 26.2. The molecule has 27 heavy (non-hydrogen) atoms. The van der Waals surface area contributed by atoms with Crippen molar-refractivity contribution in [3.05, 3.63) is 76.3 Å². The Bertz CT molecular complexity index is 979. The second kappa shape index (κ2) is 8.42. The summed E-state index contributed by atoms with van der Waals surface area (Å²) in [6.07, 6.45) is 0.0382. The van der Waals surface area contributed by atoms with Crippen LogP contribution in [0.2, 0.25) is 10.0 Å². The zero-order valence-electron chi connectivity index (χ0n) is 14.7. The van der Waals surface area contributed by atoms with E-state index < -0.39 is 0 Å². The molecule has 0 aliphatic carbocycles. The van der Waals surface area contributed by atoms with Crippen LogP contribution in [0.3, 0.4) is 0 Å². The standard InChI is InChI=1S/C21H18Cl2N2O2/c1-25(21(27)12-16-17(22)9-5-10-18(16)23)13-20(26)24-19-11-4-7-14-6-2-3-8-15(14)19/h2-11H,12-13H2,1H3,(H,24,26). The van der Waals surface area contributed by atoms with Crippen LogP contribution < -0.4 is 5.32 Å². The van der Waals surface area contributed by atoms with Crippen molar-refractivity contribution in [2.75, 3.05) is 18.9 Å². The van der Waals surface area contributed by atoms with Crippen LogP contribution in [-0.4, -0.2) is 30.3 Å². The molecular formula is C21H18Cl2N2O2. The summed E-state index contributed by atoms with van der Waals surface area (Å²) in [6.45, 7) is -0.0654. The lowest BCUT2D eigenvalue weighted by atomic mass is 10.1. The first-order chi connectivity index (χ1) is 13.0. The predicted molar refractivity (Wildman–Crippen MR) is 110 cm³/mol. The van der Waals surface area contributed by atoms with Crippen LogP contribution in [0, 0.1) is 0 Å². The zero-order chi connectivity index (χ0) is 19.4. The van der Waals surface area contributed by atoms with E-state index in [1.807, 2.05) is 42.5 Å². The number of nitrogens with one attached hydrogen (secondary N) is 1. The minimum absolute atomic E-state index is 0.0382. The van der Waals surface area contributed by atoms with Gasteiger partial charge in [-0.3, -0.25) is 9.59 Å². The number of hydrogen-bond acceptors (Lipinski definition) is 2. The average molecular weight is 401 g/mol. The van der Waals surface area contributed by atoms with Crippen LogP contribution in [0.15, 0.2) is 60.7 Å². The number of anilines is 1. The fourth-order valence-electron chi connectivity index (χ4n) is 2.82. The van der Waals surface area contributed by atoms with E-state index in [0.717, 1.165) is 10.8 Å². The molecule has 0 heterocycles. The van der Waals surface area contributed by atoms with Crippen LogP contribution in [-0.2, 0) is 16.0 Å². The highest BCUT2D eigenvalue weighted by atomic mass is 35.5. The first kappa shape index (κ1) is 19.2. The molecule has 3 aromatic carbocycles. The highest BCUT2D eigenvalue weighted by molar-refractivity contribution is 6.36. The maximum Gasteiger partial charge on any atom is 0.244 e. The molecule has 0 aromatic heterocycles. The van der Waals surface area contributed by atoms with E-state index in [0.29, 0.717) is 21.3 Å². The number of rotatable bonds is 5. The quantitative estimate of drug-likeness (QED) is 0.669. The molecule has 0 saturated heterocycles. The van der Waals surface area contributed by atoms with Gasteiger partial charge in [-0.05, 0) is 29.1 Å².